The van der Waals surface area contributed by atoms with E-state index in [-0.39, 0.29) is 18.4 Å². The van der Waals surface area contributed by atoms with Gasteiger partial charge in [0.05, 0.1) is 5.69 Å². The summed E-state index contributed by atoms with van der Waals surface area (Å²) in [6.45, 7) is 2.28. The van der Waals surface area contributed by atoms with Crippen LogP contribution < -0.4 is 15.0 Å². The first-order valence-corrected chi connectivity index (χ1v) is 9.76. The lowest BCUT2D eigenvalue weighted by Crippen LogP contribution is -2.49. The van der Waals surface area contributed by atoms with Gasteiger partial charge in [-0.1, -0.05) is 42.5 Å². The van der Waals surface area contributed by atoms with Crippen LogP contribution in [0.1, 0.15) is 12.5 Å². The second-order valence-electron chi connectivity index (χ2n) is 6.04. The van der Waals surface area contributed by atoms with Crippen LogP contribution in [0.5, 0.6) is 5.75 Å². The lowest BCUT2D eigenvalue weighted by atomic mass is 10.2. The van der Waals surface area contributed by atoms with E-state index in [4.69, 9.17) is 4.74 Å². The molecular weight excluding hydrogens is 348 g/mol. The van der Waals surface area contributed by atoms with Gasteiger partial charge >= 0.3 is 0 Å². The predicted molar refractivity (Wildman–Crippen MR) is 104 cm³/mol. The smallest absolute Gasteiger partial charge is 0.268 e. The molecule has 1 aliphatic heterocycles. The highest BCUT2D eigenvalue weighted by Gasteiger charge is 2.32. The van der Waals surface area contributed by atoms with Crippen LogP contribution in [0.15, 0.2) is 54.6 Å². The molecule has 0 radical (unpaired) electrons. The standard InChI is InChI=1S/C20H22N2O3S/c1-15-20(24)22(17-9-5-6-10-18(17)25-15)13-19(23)21-11-12-26-14-16-7-3-2-4-8-16/h2-10,15H,11-14H2,1H3,(H,21,23). The summed E-state index contributed by atoms with van der Waals surface area (Å²) in [6, 6.07) is 17.5. The first kappa shape index (κ1) is 18.3. The predicted octanol–water partition coefficient (Wildman–Crippen LogP) is 2.85. The van der Waals surface area contributed by atoms with E-state index in [1.165, 1.54) is 10.5 Å². The number of rotatable bonds is 7. The van der Waals surface area contributed by atoms with Crippen molar-refractivity contribution in [3.05, 3.63) is 60.2 Å². The van der Waals surface area contributed by atoms with Crippen molar-refractivity contribution in [2.45, 2.75) is 18.8 Å². The van der Waals surface area contributed by atoms with E-state index in [2.05, 4.69) is 17.4 Å². The SMILES string of the molecule is CC1Oc2ccccc2N(CC(=O)NCCSCc2ccccc2)C1=O. The van der Waals surface area contributed by atoms with Gasteiger partial charge in [0.2, 0.25) is 5.91 Å². The van der Waals surface area contributed by atoms with Gasteiger partial charge in [0.15, 0.2) is 6.10 Å². The van der Waals surface area contributed by atoms with Crippen molar-refractivity contribution in [2.75, 3.05) is 23.7 Å². The van der Waals surface area contributed by atoms with Gasteiger partial charge in [-0.15, -0.1) is 0 Å². The molecule has 5 nitrogen and oxygen atoms in total. The number of ether oxygens (including phenoxy) is 1. The maximum atomic E-state index is 12.4. The van der Waals surface area contributed by atoms with Crippen molar-refractivity contribution in [1.82, 2.24) is 5.32 Å². The van der Waals surface area contributed by atoms with Gasteiger partial charge < -0.3 is 10.1 Å². The molecule has 1 atom stereocenters. The maximum absolute atomic E-state index is 12.4. The van der Waals surface area contributed by atoms with Crippen LogP contribution in [0.25, 0.3) is 0 Å². The number of benzene rings is 2. The van der Waals surface area contributed by atoms with E-state index >= 15 is 0 Å². The summed E-state index contributed by atoms with van der Waals surface area (Å²) in [6.07, 6.45) is -0.584. The van der Waals surface area contributed by atoms with E-state index < -0.39 is 6.10 Å². The highest BCUT2D eigenvalue weighted by Crippen LogP contribution is 2.33. The summed E-state index contributed by atoms with van der Waals surface area (Å²) >= 11 is 1.77. The van der Waals surface area contributed by atoms with Crippen LogP contribution in [0.2, 0.25) is 0 Å². The van der Waals surface area contributed by atoms with Crippen LogP contribution >= 0.6 is 11.8 Å². The Bertz CT molecular complexity index is 767. The number of para-hydroxylation sites is 2. The lowest BCUT2D eigenvalue weighted by molar-refractivity contribution is -0.128. The molecule has 1 aliphatic rings. The third-order valence-electron chi connectivity index (χ3n) is 4.06. The molecule has 6 heteroatoms. The van der Waals surface area contributed by atoms with Gasteiger partial charge in [-0.25, -0.2) is 0 Å². The minimum absolute atomic E-state index is 0.00684. The summed E-state index contributed by atoms with van der Waals surface area (Å²) in [5, 5.41) is 2.89. The normalized spacial score (nSPS) is 16.0. The number of nitrogens with zero attached hydrogens (tertiary/aromatic N) is 1. The van der Waals surface area contributed by atoms with Gasteiger partial charge in [0.1, 0.15) is 12.3 Å². The van der Waals surface area contributed by atoms with Gasteiger partial charge in [-0.2, -0.15) is 11.8 Å². The second-order valence-corrected chi connectivity index (χ2v) is 7.15. The number of hydrogen-bond donors (Lipinski definition) is 1. The molecule has 0 bridgehead atoms. The zero-order valence-electron chi connectivity index (χ0n) is 14.7. The second kappa shape index (κ2) is 8.76. The summed E-state index contributed by atoms with van der Waals surface area (Å²) in [7, 11) is 0. The number of nitrogens with one attached hydrogen (secondary N) is 1. The van der Waals surface area contributed by atoms with Crippen molar-refractivity contribution in [1.29, 1.82) is 0 Å². The molecule has 2 aromatic carbocycles. The van der Waals surface area contributed by atoms with E-state index in [1.807, 2.05) is 36.4 Å². The van der Waals surface area contributed by atoms with Crippen LogP contribution in [0.3, 0.4) is 0 Å². The Balaban J connectivity index is 1.46. The molecule has 136 valence electrons. The highest BCUT2D eigenvalue weighted by atomic mass is 32.2. The topological polar surface area (TPSA) is 58.6 Å². The Hall–Kier alpha value is -2.47. The Morgan fingerprint density at radius 2 is 1.88 bits per heavy atom. The van der Waals surface area contributed by atoms with Crippen molar-refractivity contribution < 1.29 is 14.3 Å². The highest BCUT2D eigenvalue weighted by molar-refractivity contribution is 7.98. The Labute approximate surface area is 157 Å². The number of carbonyl (C=O) groups excluding carboxylic acids is 2. The zero-order valence-corrected chi connectivity index (χ0v) is 15.5. The largest absolute Gasteiger partial charge is 0.479 e. The van der Waals surface area contributed by atoms with Crippen molar-refractivity contribution in [3.63, 3.8) is 0 Å². The molecule has 0 saturated carbocycles. The van der Waals surface area contributed by atoms with E-state index in [1.54, 1.807) is 24.8 Å². The molecule has 0 aliphatic carbocycles. The molecule has 2 aromatic rings. The molecule has 1 N–H and O–H groups in total. The minimum Gasteiger partial charge on any atom is -0.479 e. The first-order chi connectivity index (χ1) is 12.6. The summed E-state index contributed by atoms with van der Waals surface area (Å²) in [5.74, 6) is 2.01. The number of anilines is 1. The number of thioether (sulfide) groups is 1. The number of hydrogen-bond acceptors (Lipinski definition) is 4. The third-order valence-corrected chi connectivity index (χ3v) is 5.09. The lowest BCUT2D eigenvalue weighted by Gasteiger charge is -2.32. The molecular formula is C20H22N2O3S. The summed E-state index contributed by atoms with van der Waals surface area (Å²) in [5.41, 5.74) is 1.91. The first-order valence-electron chi connectivity index (χ1n) is 8.60. The summed E-state index contributed by atoms with van der Waals surface area (Å²) < 4.78 is 5.58. The van der Waals surface area contributed by atoms with Gasteiger partial charge in [0.25, 0.3) is 5.91 Å². The molecule has 26 heavy (non-hydrogen) atoms. The fourth-order valence-corrected chi connectivity index (χ4v) is 3.57. The molecule has 3 rings (SSSR count). The number of carbonyl (C=O) groups is 2. The quantitative estimate of drug-likeness (QED) is 0.762. The van der Waals surface area contributed by atoms with Crippen molar-refractivity contribution >= 4 is 29.3 Å². The Morgan fingerprint density at radius 3 is 2.69 bits per heavy atom. The molecule has 0 aromatic heterocycles. The molecule has 0 saturated heterocycles. The average Bonchev–Trinajstić information content (AvgIpc) is 2.66. The monoisotopic (exact) mass is 370 g/mol. The van der Waals surface area contributed by atoms with Crippen LogP contribution in [-0.2, 0) is 15.3 Å². The third kappa shape index (κ3) is 4.58. The molecule has 0 fully saturated rings. The fourth-order valence-electron chi connectivity index (χ4n) is 2.75. The number of amides is 2. The zero-order chi connectivity index (χ0) is 18.4. The van der Waals surface area contributed by atoms with Crippen LogP contribution in [0.4, 0.5) is 5.69 Å². The fraction of sp³-hybridized carbons (Fsp3) is 0.300. The molecule has 1 unspecified atom stereocenters. The average molecular weight is 370 g/mol. The van der Waals surface area contributed by atoms with Gasteiger partial charge in [-0.3, -0.25) is 14.5 Å². The van der Waals surface area contributed by atoms with Gasteiger partial charge in [0, 0.05) is 18.1 Å². The minimum atomic E-state index is -0.584. The molecule has 0 spiro atoms. The number of fused-ring (bicyclic) bond motifs is 1. The van der Waals surface area contributed by atoms with E-state index in [0.717, 1.165) is 11.5 Å². The Kier molecular flexibility index (Phi) is 6.17. The van der Waals surface area contributed by atoms with E-state index in [9.17, 15) is 9.59 Å². The summed E-state index contributed by atoms with van der Waals surface area (Å²) in [4.78, 5) is 26.1. The molecule has 2 amide bonds. The van der Waals surface area contributed by atoms with E-state index in [0.29, 0.717) is 18.0 Å². The van der Waals surface area contributed by atoms with Crippen molar-refractivity contribution in [2.24, 2.45) is 0 Å². The maximum Gasteiger partial charge on any atom is 0.268 e. The Morgan fingerprint density at radius 1 is 1.15 bits per heavy atom. The van der Waals surface area contributed by atoms with Gasteiger partial charge in [-0.05, 0) is 24.6 Å². The van der Waals surface area contributed by atoms with Crippen molar-refractivity contribution in [3.8, 4) is 5.75 Å². The van der Waals surface area contributed by atoms with Crippen LogP contribution in [-0.4, -0.2) is 36.8 Å². The molecule has 1 heterocycles. The van der Waals surface area contributed by atoms with Crippen LogP contribution in [0, 0.1) is 0 Å².